The van der Waals surface area contributed by atoms with Crippen molar-refractivity contribution in [1.29, 1.82) is 0 Å². The van der Waals surface area contributed by atoms with Crippen LogP contribution in [0.15, 0.2) is 0 Å². The summed E-state index contributed by atoms with van der Waals surface area (Å²) in [6.07, 6.45) is 5.50. The number of ketones is 1. The third-order valence-electron chi connectivity index (χ3n) is 1.90. The van der Waals surface area contributed by atoms with Gasteiger partial charge in [0.2, 0.25) is 0 Å². The van der Waals surface area contributed by atoms with Crippen molar-refractivity contribution < 1.29 is 4.79 Å². The second-order valence-corrected chi connectivity index (χ2v) is 10.0. The number of Topliss-reactive ketones (excluding diaryl/α,β-unsaturated/α-hetero) is 1. The minimum absolute atomic E-state index is 0.0778. The zero-order valence-electron chi connectivity index (χ0n) is 8.03. The van der Waals surface area contributed by atoms with Crippen molar-refractivity contribution in [2.45, 2.75) is 46.0 Å². The van der Waals surface area contributed by atoms with Gasteiger partial charge >= 0.3 is 0 Å². The molecule has 0 fully saturated rings. The van der Waals surface area contributed by atoms with Crippen LogP contribution in [0.25, 0.3) is 0 Å². The summed E-state index contributed by atoms with van der Waals surface area (Å²) in [4.78, 5) is 11.6. The maximum Gasteiger partial charge on any atom is 0.184 e. The highest BCUT2D eigenvalue weighted by atomic mass is 79.9. The van der Waals surface area contributed by atoms with Gasteiger partial charge in [0, 0.05) is 0 Å². The van der Waals surface area contributed by atoms with Crippen LogP contribution in [0.1, 0.15) is 39.0 Å². The van der Waals surface area contributed by atoms with E-state index in [9.17, 15) is 4.79 Å². The van der Waals surface area contributed by atoms with Crippen molar-refractivity contribution in [2.24, 2.45) is 0 Å². The molecule has 0 saturated carbocycles. The zero-order valence-corrected chi connectivity index (χ0v) is 14.4. The van der Waals surface area contributed by atoms with Crippen molar-refractivity contribution in [3.8, 4) is 0 Å². The molecule has 0 atom stereocenters. The van der Waals surface area contributed by atoms with Crippen LogP contribution >= 0.6 is 63.7 Å². The van der Waals surface area contributed by atoms with Crippen molar-refractivity contribution >= 4 is 69.5 Å². The summed E-state index contributed by atoms with van der Waals surface area (Å²) in [7, 11) is 0. The fraction of sp³-hybridized carbons (Fsp3) is 0.889. The predicted octanol–water partition coefficient (Wildman–Crippen LogP) is 5.13. The van der Waals surface area contributed by atoms with Gasteiger partial charge in [0.1, 0.15) is 6.97 Å². The van der Waals surface area contributed by atoms with Gasteiger partial charge in [0.15, 0.2) is 5.78 Å². The first kappa shape index (κ1) is 15.6. The minimum atomic E-state index is -0.578. The molecule has 1 nitrogen and oxygen atoms in total. The molecule has 0 spiro atoms. The first-order valence-corrected chi connectivity index (χ1v) is 8.04. The summed E-state index contributed by atoms with van der Waals surface area (Å²) in [6, 6.07) is 0. The quantitative estimate of drug-likeness (QED) is 0.383. The van der Waals surface area contributed by atoms with E-state index in [0.29, 0.717) is 0 Å². The molecule has 0 aromatic rings. The molecule has 0 heterocycles. The van der Waals surface area contributed by atoms with Crippen LogP contribution in [0.2, 0.25) is 0 Å². The zero-order chi connectivity index (χ0) is 11.2. The molecule has 0 amide bonds. The number of carbonyl (C=O) groups excluding carboxylic acids is 1. The van der Waals surface area contributed by atoms with Gasteiger partial charge in [-0.1, -0.05) is 96.3 Å². The van der Waals surface area contributed by atoms with Gasteiger partial charge < -0.3 is 0 Å². The molecule has 0 aromatic heterocycles. The van der Waals surface area contributed by atoms with Crippen molar-refractivity contribution in [3.63, 3.8) is 0 Å². The SMILES string of the molecule is CCCCCCC(Br)(Br)C(=O)C(Br)Br. The van der Waals surface area contributed by atoms with Crippen molar-refractivity contribution in [2.75, 3.05) is 0 Å². The maximum atomic E-state index is 11.6. The maximum absolute atomic E-state index is 11.6. The lowest BCUT2D eigenvalue weighted by Gasteiger charge is -2.19. The Morgan fingerprint density at radius 3 is 2.21 bits per heavy atom. The van der Waals surface area contributed by atoms with Crippen LogP contribution in [0.3, 0.4) is 0 Å². The van der Waals surface area contributed by atoms with Crippen LogP contribution in [0, 0.1) is 0 Å². The first-order valence-electron chi connectivity index (χ1n) is 4.62. The second-order valence-electron chi connectivity index (χ2n) is 3.18. The molecule has 0 bridgehead atoms. The van der Waals surface area contributed by atoms with E-state index in [1.807, 2.05) is 0 Å². The van der Waals surface area contributed by atoms with Crippen molar-refractivity contribution in [1.82, 2.24) is 0 Å². The van der Waals surface area contributed by atoms with E-state index in [1.54, 1.807) is 0 Å². The van der Waals surface area contributed by atoms with Crippen LogP contribution in [0.4, 0.5) is 0 Å². The molecular formula is C9H14Br4O. The highest BCUT2D eigenvalue weighted by Gasteiger charge is 2.34. The molecule has 0 rings (SSSR count). The third kappa shape index (κ3) is 6.23. The summed E-state index contributed by atoms with van der Waals surface area (Å²) in [5.74, 6) is 0.0778. The van der Waals surface area contributed by atoms with E-state index < -0.39 is 3.23 Å². The molecule has 0 aliphatic carbocycles. The van der Waals surface area contributed by atoms with Gasteiger partial charge in [-0.05, 0) is 6.42 Å². The molecular weight excluding hydrogens is 444 g/mol. The highest BCUT2D eigenvalue weighted by molar-refractivity contribution is 9.27. The van der Waals surface area contributed by atoms with Crippen molar-refractivity contribution in [3.05, 3.63) is 0 Å². The van der Waals surface area contributed by atoms with Crippen LogP contribution in [0.5, 0.6) is 0 Å². The monoisotopic (exact) mass is 454 g/mol. The average molecular weight is 458 g/mol. The summed E-state index contributed by atoms with van der Waals surface area (Å²) in [5, 5.41) is 0. The van der Waals surface area contributed by atoms with Crippen LogP contribution < -0.4 is 0 Å². The Hall–Kier alpha value is 1.59. The highest BCUT2D eigenvalue weighted by Crippen LogP contribution is 2.37. The summed E-state index contributed by atoms with van der Waals surface area (Å²) in [5.41, 5.74) is 0. The Kier molecular flexibility index (Phi) is 8.68. The first-order chi connectivity index (χ1) is 6.41. The van der Waals surface area contributed by atoms with Crippen LogP contribution in [-0.4, -0.2) is 12.8 Å². The van der Waals surface area contributed by atoms with Gasteiger partial charge in [0.05, 0.1) is 0 Å². The number of hydrogen-bond acceptors (Lipinski definition) is 1. The van der Waals surface area contributed by atoms with E-state index in [-0.39, 0.29) is 9.52 Å². The Balaban J connectivity index is 3.88. The Morgan fingerprint density at radius 1 is 1.21 bits per heavy atom. The number of alkyl halides is 4. The number of unbranched alkanes of at least 4 members (excludes halogenated alkanes) is 3. The molecule has 84 valence electrons. The lowest BCUT2D eigenvalue weighted by Crippen LogP contribution is -2.29. The molecule has 0 aliphatic heterocycles. The number of hydrogen-bond donors (Lipinski definition) is 0. The van der Waals surface area contributed by atoms with E-state index in [4.69, 9.17) is 0 Å². The molecule has 0 aliphatic rings. The average Bonchev–Trinajstić information content (AvgIpc) is 2.11. The fourth-order valence-electron chi connectivity index (χ4n) is 1.06. The number of rotatable bonds is 7. The predicted molar refractivity (Wildman–Crippen MR) is 76.0 cm³/mol. The summed E-state index contributed by atoms with van der Waals surface area (Å²) < 4.78 is -0.870. The topological polar surface area (TPSA) is 17.1 Å². The van der Waals surface area contributed by atoms with E-state index in [2.05, 4.69) is 70.6 Å². The normalized spacial score (nSPS) is 12.1. The van der Waals surface area contributed by atoms with Gasteiger partial charge in [-0.3, -0.25) is 4.79 Å². The van der Waals surface area contributed by atoms with E-state index in [0.717, 1.165) is 12.8 Å². The van der Waals surface area contributed by atoms with Gasteiger partial charge in [-0.25, -0.2) is 0 Å². The van der Waals surface area contributed by atoms with E-state index in [1.165, 1.54) is 19.3 Å². The standard InChI is InChI=1S/C9H14Br4O/c1-2-3-4-5-6-9(12,13)7(14)8(10)11/h8H,2-6H2,1H3. The third-order valence-corrected chi connectivity index (χ3v) is 4.31. The Morgan fingerprint density at radius 2 is 1.79 bits per heavy atom. The molecule has 0 radical (unpaired) electrons. The van der Waals surface area contributed by atoms with E-state index >= 15 is 0 Å². The number of halogens is 4. The van der Waals surface area contributed by atoms with Gasteiger partial charge in [-0.15, -0.1) is 0 Å². The number of carbonyl (C=O) groups is 1. The largest absolute Gasteiger partial charge is 0.295 e. The van der Waals surface area contributed by atoms with Gasteiger partial charge in [0.25, 0.3) is 0 Å². The Bertz CT molecular complexity index is 180. The smallest absolute Gasteiger partial charge is 0.184 e. The Labute approximate surface area is 119 Å². The summed E-state index contributed by atoms with van der Waals surface area (Å²) >= 11 is 13.2. The molecule has 0 unspecified atom stereocenters. The molecule has 0 N–H and O–H groups in total. The molecule has 14 heavy (non-hydrogen) atoms. The molecule has 0 saturated heterocycles. The van der Waals surface area contributed by atoms with Crippen LogP contribution in [-0.2, 0) is 4.79 Å². The molecule has 0 aromatic carbocycles. The van der Waals surface area contributed by atoms with Gasteiger partial charge in [-0.2, -0.15) is 0 Å². The lowest BCUT2D eigenvalue weighted by atomic mass is 10.1. The fourth-order valence-corrected chi connectivity index (χ4v) is 4.09. The lowest BCUT2D eigenvalue weighted by molar-refractivity contribution is -0.117. The second kappa shape index (κ2) is 7.80. The minimum Gasteiger partial charge on any atom is -0.295 e. The molecule has 5 heteroatoms. The summed E-state index contributed by atoms with van der Waals surface area (Å²) in [6.45, 7) is 2.17.